The summed E-state index contributed by atoms with van der Waals surface area (Å²) in [4.78, 5) is 13.1. The van der Waals surface area contributed by atoms with Crippen molar-refractivity contribution in [1.29, 1.82) is 0 Å². The zero-order valence-electron chi connectivity index (χ0n) is 16.4. The van der Waals surface area contributed by atoms with Gasteiger partial charge in [-0.3, -0.25) is 9.10 Å². The second kappa shape index (κ2) is 7.91. The summed E-state index contributed by atoms with van der Waals surface area (Å²) in [5.74, 6) is -0.930. The van der Waals surface area contributed by atoms with Crippen LogP contribution in [0, 0.1) is 12.7 Å². The van der Waals surface area contributed by atoms with Crippen LogP contribution in [0.2, 0.25) is 0 Å². The highest BCUT2D eigenvalue weighted by Gasteiger charge is 2.39. The lowest BCUT2D eigenvalue weighted by Gasteiger charge is -2.36. The van der Waals surface area contributed by atoms with Crippen LogP contribution in [-0.2, 0) is 21.2 Å². The molecule has 1 amide bonds. The first-order chi connectivity index (χ1) is 14.4. The fourth-order valence-corrected chi connectivity index (χ4v) is 5.31. The maximum Gasteiger partial charge on any atom is 0.265 e. The Labute approximate surface area is 175 Å². The molecule has 1 aliphatic rings. The molecule has 1 atom stereocenters. The molecule has 30 heavy (non-hydrogen) atoms. The molecule has 1 heterocycles. The molecule has 1 N–H and O–H groups in total. The van der Waals surface area contributed by atoms with Gasteiger partial charge in [0.1, 0.15) is 11.9 Å². The monoisotopic (exact) mass is 424 g/mol. The van der Waals surface area contributed by atoms with Gasteiger partial charge in [-0.1, -0.05) is 35.9 Å². The minimum absolute atomic E-state index is 0.0614. The maximum absolute atomic E-state index is 13.5. The normalized spacial score (nSPS) is 16.1. The summed E-state index contributed by atoms with van der Waals surface area (Å²) in [5.41, 5.74) is 2.98. The summed E-state index contributed by atoms with van der Waals surface area (Å²) < 4.78 is 41.5. The molecule has 0 aliphatic carbocycles. The van der Waals surface area contributed by atoms with Gasteiger partial charge in [0.25, 0.3) is 10.0 Å². The molecule has 0 spiro atoms. The Morgan fingerprint density at radius 1 is 1.00 bits per heavy atom. The standard InChI is InChI=1S/C23H21FN2O3S/c1-16-6-11-19(12-7-16)25-23(27)22-15-8-17-4-2-3-5-21(17)26(22)30(28,29)20-13-9-18(24)10-14-20/h2-7,9-14,22H,8,15H2,1H3,(H,25,27). The van der Waals surface area contributed by atoms with Crippen molar-refractivity contribution in [3.05, 3.63) is 89.7 Å². The number of rotatable bonds is 4. The molecule has 7 heteroatoms. The average molecular weight is 424 g/mol. The van der Waals surface area contributed by atoms with Gasteiger partial charge in [-0.15, -0.1) is 0 Å². The SMILES string of the molecule is Cc1ccc(NC(=O)C2CCc3ccccc3N2S(=O)(=O)c2ccc(F)cc2)cc1. The number of carbonyl (C=O) groups is 1. The van der Waals surface area contributed by atoms with Crippen LogP contribution in [0.25, 0.3) is 0 Å². The lowest BCUT2D eigenvalue weighted by atomic mass is 9.97. The summed E-state index contributed by atoms with van der Waals surface area (Å²) >= 11 is 0. The predicted octanol–water partition coefficient (Wildman–Crippen LogP) is 4.28. The Kier molecular flexibility index (Phi) is 5.30. The third-order valence-electron chi connectivity index (χ3n) is 5.19. The second-order valence-corrected chi connectivity index (χ2v) is 9.11. The third-order valence-corrected chi connectivity index (χ3v) is 7.03. The maximum atomic E-state index is 13.5. The summed E-state index contributed by atoms with van der Waals surface area (Å²) in [5, 5.41) is 2.83. The highest BCUT2D eigenvalue weighted by Crippen LogP contribution is 2.36. The van der Waals surface area contributed by atoms with Crippen molar-refractivity contribution in [3.8, 4) is 0 Å². The Hall–Kier alpha value is -3.19. The van der Waals surface area contributed by atoms with Gasteiger partial charge >= 0.3 is 0 Å². The van der Waals surface area contributed by atoms with E-state index in [0.717, 1.165) is 23.3 Å². The molecule has 4 rings (SSSR count). The number of hydrogen-bond donors (Lipinski definition) is 1. The van der Waals surface area contributed by atoms with Crippen LogP contribution >= 0.6 is 0 Å². The Morgan fingerprint density at radius 3 is 2.37 bits per heavy atom. The predicted molar refractivity (Wildman–Crippen MR) is 114 cm³/mol. The lowest BCUT2D eigenvalue weighted by molar-refractivity contribution is -0.117. The first-order valence-electron chi connectivity index (χ1n) is 9.62. The van der Waals surface area contributed by atoms with Crippen molar-refractivity contribution in [2.75, 3.05) is 9.62 Å². The van der Waals surface area contributed by atoms with E-state index in [4.69, 9.17) is 0 Å². The van der Waals surface area contributed by atoms with Crippen LogP contribution in [0.1, 0.15) is 17.5 Å². The van der Waals surface area contributed by atoms with Crippen LogP contribution < -0.4 is 9.62 Å². The zero-order chi connectivity index (χ0) is 21.3. The van der Waals surface area contributed by atoms with Crippen molar-refractivity contribution in [3.63, 3.8) is 0 Å². The molecule has 0 aromatic heterocycles. The summed E-state index contributed by atoms with van der Waals surface area (Å²) in [6, 6.07) is 18.2. The molecule has 0 saturated carbocycles. The van der Waals surface area contributed by atoms with Gasteiger partial charge < -0.3 is 5.32 Å². The molecule has 3 aromatic carbocycles. The lowest BCUT2D eigenvalue weighted by Crippen LogP contribution is -2.50. The number of para-hydroxylation sites is 1. The van der Waals surface area contributed by atoms with E-state index in [1.807, 2.05) is 31.2 Å². The van der Waals surface area contributed by atoms with E-state index in [9.17, 15) is 17.6 Å². The molecule has 1 aliphatic heterocycles. The number of halogens is 1. The third kappa shape index (κ3) is 3.80. The van der Waals surface area contributed by atoms with Gasteiger partial charge in [-0.25, -0.2) is 12.8 Å². The van der Waals surface area contributed by atoms with Crippen LogP contribution in [0.15, 0.2) is 77.7 Å². The number of nitrogens with one attached hydrogen (secondary N) is 1. The van der Waals surface area contributed by atoms with Gasteiger partial charge in [0.15, 0.2) is 0 Å². The fourth-order valence-electron chi connectivity index (χ4n) is 3.63. The number of sulfonamides is 1. The van der Waals surface area contributed by atoms with E-state index < -0.39 is 27.8 Å². The number of fused-ring (bicyclic) bond motifs is 1. The minimum atomic E-state index is -4.08. The van der Waals surface area contributed by atoms with Gasteiger partial charge in [-0.05, 0) is 67.8 Å². The van der Waals surface area contributed by atoms with E-state index in [2.05, 4.69) is 5.32 Å². The highest BCUT2D eigenvalue weighted by atomic mass is 32.2. The molecule has 3 aromatic rings. The number of hydrogen-bond acceptors (Lipinski definition) is 3. The number of nitrogens with zero attached hydrogens (tertiary/aromatic N) is 1. The fraction of sp³-hybridized carbons (Fsp3) is 0.174. The average Bonchev–Trinajstić information content (AvgIpc) is 2.74. The van der Waals surface area contributed by atoms with E-state index in [0.29, 0.717) is 24.2 Å². The topological polar surface area (TPSA) is 66.5 Å². The first-order valence-corrected chi connectivity index (χ1v) is 11.1. The quantitative estimate of drug-likeness (QED) is 0.680. The van der Waals surface area contributed by atoms with Crippen molar-refractivity contribution in [2.24, 2.45) is 0 Å². The van der Waals surface area contributed by atoms with Crippen molar-refractivity contribution < 1.29 is 17.6 Å². The summed E-state index contributed by atoms with van der Waals surface area (Å²) in [6.45, 7) is 1.95. The number of amides is 1. The minimum Gasteiger partial charge on any atom is -0.324 e. The van der Waals surface area contributed by atoms with Gasteiger partial charge in [0.05, 0.1) is 10.6 Å². The van der Waals surface area contributed by atoms with Crippen molar-refractivity contribution in [1.82, 2.24) is 0 Å². The van der Waals surface area contributed by atoms with Gasteiger partial charge in [0.2, 0.25) is 5.91 Å². The van der Waals surface area contributed by atoms with Crippen molar-refractivity contribution in [2.45, 2.75) is 30.7 Å². The van der Waals surface area contributed by atoms with E-state index in [-0.39, 0.29) is 4.90 Å². The molecule has 1 unspecified atom stereocenters. The Balaban J connectivity index is 1.74. The Morgan fingerprint density at radius 2 is 1.67 bits per heavy atom. The van der Waals surface area contributed by atoms with Gasteiger partial charge in [-0.2, -0.15) is 0 Å². The molecule has 154 valence electrons. The molecule has 0 bridgehead atoms. The van der Waals surface area contributed by atoms with Crippen LogP contribution in [0.3, 0.4) is 0 Å². The van der Waals surface area contributed by atoms with Crippen LogP contribution in [0.5, 0.6) is 0 Å². The highest BCUT2D eigenvalue weighted by molar-refractivity contribution is 7.93. The zero-order valence-corrected chi connectivity index (χ0v) is 17.2. The molecular formula is C23H21FN2O3S. The number of anilines is 2. The smallest absolute Gasteiger partial charge is 0.265 e. The molecule has 0 saturated heterocycles. The van der Waals surface area contributed by atoms with Crippen molar-refractivity contribution >= 4 is 27.3 Å². The van der Waals surface area contributed by atoms with E-state index in [1.165, 1.54) is 16.4 Å². The molecule has 0 fully saturated rings. The number of carbonyl (C=O) groups excluding carboxylic acids is 1. The number of benzene rings is 3. The first kappa shape index (κ1) is 20.1. The van der Waals surface area contributed by atoms with Gasteiger partial charge in [0, 0.05) is 5.69 Å². The molecular weight excluding hydrogens is 403 g/mol. The van der Waals surface area contributed by atoms with E-state index >= 15 is 0 Å². The van der Waals surface area contributed by atoms with Crippen LogP contribution in [0.4, 0.5) is 15.8 Å². The second-order valence-electron chi connectivity index (χ2n) is 7.29. The summed E-state index contributed by atoms with van der Waals surface area (Å²) in [6.07, 6.45) is 0.923. The molecule has 5 nitrogen and oxygen atoms in total. The summed E-state index contributed by atoms with van der Waals surface area (Å²) in [7, 11) is -4.08. The van der Waals surface area contributed by atoms with E-state index in [1.54, 1.807) is 24.3 Å². The molecule has 0 radical (unpaired) electrons. The number of aryl methyl sites for hydroxylation is 2. The largest absolute Gasteiger partial charge is 0.324 e. The Bertz CT molecular complexity index is 1180. The van der Waals surface area contributed by atoms with Crippen LogP contribution in [-0.4, -0.2) is 20.4 Å².